The van der Waals surface area contributed by atoms with Crippen LogP contribution in [0.5, 0.6) is 11.5 Å². The van der Waals surface area contributed by atoms with E-state index in [1.54, 1.807) is 32.4 Å². The van der Waals surface area contributed by atoms with E-state index in [1.165, 1.54) is 18.5 Å². The molecule has 3 aromatic rings. The third kappa shape index (κ3) is 2.28. The first-order chi connectivity index (χ1) is 10.6. The number of nitrogens with two attached hydrogens (primary N) is 1. The van der Waals surface area contributed by atoms with E-state index in [9.17, 15) is 4.39 Å². The molecule has 0 saturated carbocycles. The van der Waals surface area contributed by atoms with Crippen molar-refractivity contribution in [1.29, 1.82) is 0 Å². The minimum Gasteiger partial charge on any atom is -0.493 e. The van der Waals surface area contributed by atoms with Gasteiger partial charge in [0.15, 0.2) is 11.5 Å². The largest absolute Gasteiger partial charge is 0.493 e. The predicted molar refractivity (Wildman–Crippen MR) is 82.4 cm³/mol. The van der Waals surface area contributed by atoms with Crippen molar-refractivity contribution in [3.8, 4) is 22.8 Å². The van der Waals surface area contributed by atoms with Crippen LogP contribution in [0.1, 0.15) is 0 Å². The second-order valence-corrected chi connectivity index (χ2v) is 4.68. The number of hydrogen-bond donors (Lipinski definition) is 1. The summed E-state index contributed by atoms with van der Waals surface area (Å²) in [6.45, 7) is 0. The minimum atomic E-state index is -0.482. The lowest BCUT2D eigenvalue weighted by Crippen LogP contribution is -1.95. The fourth-order valence-electron chi connectivity index (χ4n) is 2.29. The molecule has 22 heavy (non-hydrogen) atoms. The van der Waals surface area contributed by atoms with Gasteiger partial charge in [-0.3, -0.25) is 0 Å². The number of anilines is 1. The summed E-state index contributed by atoms with van der Waals surface area (Å²) in [6.07, 6.45) is 1.43. The third-order valence-corrected chi connectivity index (χ3v) is 3.41. The Morgan fingerprint density at radius 3 is 2.41 bits per heavy atom. The smallest absolute Gasteiger partial charge is 0.162 e. The highest BCUT2D eigenvalue weighted by Crippen LogP contribution is 2.35. The second kappa shape index (κ2) is 5.48. The van der Waals surface area contributed by atoms with Crippen LogP contribution in [0, 0.1) is 5.82 Å². The first kappa shape index (κ1) is 14.1. The van der Waals surface area contributed by atoms with Crippen LogP contribution < -0.4 is 15.2 Å². The molecule has 0 aliphatic rings. The number of nitrogens with zero attached hydrogens (tertiary/aromatic N) is 2. The molecule has 1 aromatic heterocycles. The highest BCUT2D eigenvalue weighted by Gasteiger charge is 2.13. The number of ether oxygens (including phenoxy) is 2. The number of methoxy groups -OCH3 is 2. The van der Waals surface area contributed by atoms with Crippen molar-refractivity contribution >= 4 is 16.6 Å². The van der Waals surface area contributed by atoms with Gasteiger partial charge in [0, 0.05) is 17.0 Å². The summed E-state index contributed by atoms with van der Waals surface area (Å²) in [5.41, 5.74) is 7.52. The van der Waals surface area contributed by atoms with Gasteiger partial charge in [0.2, 0.25) is 0 Å². The number of fused-ring (bicyclic) bond motifs is 1. The van der Waals surface area contributed by atoms with Crippen molar-refractivity contribution in [2.75, 3.05) is 20.0 Å². The van der Waals surface area contributed by atoms with E-state index >= 15 is 0 Å². The van der Waals surface area contributed by atoms with E-state index in [2.05, 4.69) is 9.97 Å². The number of benzene rings is 2. The summed E-state index contributed by atoms with van der Waals surface area (Å²) < 4.78 is 24.3. The van der Waals surface area contributed by atoms with E-state index in [0.29, 0.717) is 28.3 Å². The fraction of sp³-hybridized carbons (Fsp3) is 0.125. The van der Waals surface area contributed by atoms with Crippen molar-refractivity contribution in [3.63, 3.8) is 0 Å². The van der Waals surface area contributed by atoms with Gasteiger partial charge in [0.25, 0.3) is 0 Å². The summed E-state index contributed by atoms with van der Waals surface area (Å²) in [5, 5.41) is 0.740. The zero-order valence-electron chi connectivity index (χ0n) is 12.1. The van der Waals surface area contributed by atoms with Gasteiger partial charge >= 0.3 is 0 Å². The van der Waals surface area contributed by atoms with Gasteiger partial charge in [-0.15, -0.1) is 0 Å². The van der Waals surface area contributed by atoms with Crippen LogP contribution in [-0.4, -0.2) is 24.2 Å². The summed E-state index contributed by atoms with van der Waals surface area (Å²) in [6, 6.07) is 8.12. The van der Waals surface area contributed by atoms with E-state index < -0.39 is 5.82 Å². The van der Waals surface area contributed by atoms with E-state index in [-0.39, 0.29) is 5.69 Å². The van der Waals surface area contributed by atoms with Crippen molar-refractivity contribution in [1.82, 2.24) is 9.97 Å². The Morgan fingerprint density at radius 1 is 1.00 bits per heavy atom. The average molecular weight is 299 g/mol. The van der Waals surface area contributed by atoms with Gasteiger partial charge in [-0.2, -0.15) is 0 Å². The lowest BCUT2D eigenvalue weighted by molar-refractivity contribution is 0.356. The zero-order valence-corrected chi connectivity index (χ0v) is 12.1. The standard InChI is InChI=1S/C16H14FN3O2/c1-21-14-6-10-13(7-15(14)22-2)19-8-20-16(10)9-3-4-12(18)11(17)5-9/h3-8H,18H2,1-2H3. The maximum Gasteiger partial charge on any atom is 0.162 e. The quantitative estimate of drug-likeness (QED) is 0.753. The van der Waals surface area contributed by atoms with Gasteiger partial charge in [-0.05, 0) is 18.2 Å². The molecule has 0 unspecified atom stereocenters. The van der Waals surface area contributed by atoms with Crippen molar-refractivity contribution in [2.24, 2.45) is 0 Å². The number of nitrogen functional groups attached to an aromatic ring is 1. The summed E-state index contributed by atoms with van der Waals surface area (Å²) in [4.78, 5) is 8.49. The Labute approximate surface area is 126 Å². The van der Waals surface area contributed by atoms with Crippen molar-refractivity contribution in [2.45, 2.75) is 0 Å². The molecule has 0 aliphatic carbocycles. The third-order valence-electron chi connectivity index (χ3n) is 3.41. The van der Waals surface area contributed by atoms with Gasteiger partial charge in [-0.1, -0.05) is 6.07 Å². The molecule has 1 heterocycles. The highest BCUT2D eigenvalue weighted by molar-refractivity contribution is 5.94. The van der Waals surface area contributed by atoms with Crippen molar-refractivity contribution < 1.29 is 13.9 Å². The molecule has 2 aromatic carbocycles. The van der Waals surface area contributed by atoms with Crippen LogP contribution in [0.4, 0.5) is 10.1 Å². The van der Waals surface area contributed by atoms with Crippen LogP contribution in [0.15, 0.2) is 36.7 Å². The normalized spacial score (nSPS) is 10.7. The van der Waals surface area contributed by atoms with Gasteiger partial charge in [-0.25, -0.2) is 14.4 Å². The molecule has 0 atom stereocenters. The molecular weight excluding hydrogens is 285 g/mol. The molecule has 5 nitrogen and oxygen atoms in total. The maximum absolute atomic E-state index is 13.7. The molecule has 112 valence electrons. The summed E-state index contributed by atoms with van der Waals surface area (Å²) in [5.74, 6) is 0.648. The topological polar surface area (TPSA) is 70.3 Å². The SMILES string of the molecule is COc1cc2ncnc(-c3ccc(N)c(F)c3)c2cc1OC. The minimum absolute atomic E-state index is 0.0985. The van der Waals surface area contributed by atoms with E-state index in [0.717, 1.165) is 5.39 Å². The lowest BCUT2D eigenvalue weighted by Gasteiger charge is -2.11. The number of halogens is 1. The maximum atomic E-state index is 13.7. The van der Waals surface area contributed by atoms with Gasteiger partial charge in [0.05, 0.1) is 31.1 Å². The molecule has 6 heteroatoms. The number of hydrogen-bond acceptors (Lipinski definition) is 5. The first-order valence-corrected chi connectivity index (χ1v) is 6.56. The Balaban J connectivity index is 2.27. The fourth-order valence-corrected chi connectivity index (χ4v) is 2.29. The van der Waals surface area contributed by atoms with Crippen LogP contribution in [0.25, 0.3) is 22.2 Å². The molecule has 0 aliphatic heterocycles. The Bertz CT molecular complexity index is 852. The van der Waals surface area contributed by atoms with Crippen LogP contribution in [0.2, 0.25) is 0 Å². The van der Waals surface area contributed by atoms with Gasteiger partial charge < -0.3 is 15.2 Å². The Kier molecular flexibility index (Phi) is 3.50. The highest BCUT2D eigenvalue weighted by atomic mass is 19.1. The van der Waals surface area contributed by atoms with E-state index in [1.807, 2.05) is 0 Å². The number of aromatic nitrogens is 2. The molecule has 2 N–H and O–H groups in total. The number of rotatable bonds is 3. The molecule has 0 radical (unpaired) electrons. The van der Waals surface area contributed by atoms with E-state index in [4.69, 9.17) is 15.2 Å². The second-order valence-electron chi connectivity index (χ2n) is 4.68. The predicted octanol–water partition coefficient (Wildman–Crippen LogP) is 3.04. The molecule has 0 bridgehead atoms. The first-order valence-electron chi connectivity index (χ1n) is 6.56. The summed E-state index contributed by atoms with van der Waals surface area (Å²) >= 11 is 0. The molecule has 3 rings (SSSR count). The molecule has 0 amide bonds. The van der Waals surface area contributed by atoms with Crippen LogP contribution in [0.3, 0.4) is 0 Å². The van der Waals surface area contributed by atoms with Crippen molar-refractivity contribution in [3.05, 3.63) is 42.5 Å². The Hall–Kier alpha value is -2.89. The Morgan fingerprint density at radius 2 is 1.73 bits per heavy atom. The average Bonchev–Trinajstić information content (AvgIpc) is 2.55. The monoisotopic (exact) mass is 299 g/mol. The molecular formula is C16H14FN3O2. The van der Waals surface area contributed by atoms with Crippen LogP contribution in [-0.2, 0) is 0 Å². The van der Waals surface area contributed by atoms with Crippen LogP contribution >= 0.6 is 0 Å². The summed E-state index contributed by atoms with van der Waals surface area (Å²) in [7, 11) is 3.11. The zero-order chi connectivity index (χ0) is 15.7. The van der Waals surface area contributed by atoms with Gasteiger partial charge in [0.1, 0.15) is 12.1 Å². The lowest BCUT2D eigenvalue weighted by atomic mass is 10.1. The molecule has 0 spiro atoms. The molecule has 0 saturated heterocycles. The molecule has 0 fully saturated rings.